The van der Waals surface area contributed by atoms with Crippen molar-refractivity contribution in [3.8, 4) is 5.75 Å². The molecule has 0 saturated carbocycles. The van der Waals surface area contributed by atoms with Crippen molar-refractivity contribution in [2.75, 3.05) is 24.3 Å². The molecular formula is C24H30ClN5O3S. The van der Waals surface area contributed by atoms with Gasteiger partial charge in [0.25, 0.3) is 0 Å². The Morgan fingerprint density at radius 1 is 1.12 bits per heavy atom. The molecule has 2 aromatic carbocycles. The van der Waals surface area contributed by atoms with Crippen LogP contribution in [-0.2, 0) is 15.3 Å². The monoisotopic (exact) mass is 503 g/mol. The number of rotatable bonds is 9. The van der Waals surface area contributed by atoms with Crippen LogP contribution >= 0.6 is 11.6 Å². The molecule has 0 atom stereocenters. The number of methoxy groups -OCH3 is 1. The molecular weight excluding hydrogens is 474 g/mol. The largest absolute Gasteiger partial charge is 0.495 e. The molecule has 0 unspecified atom stereocenters. The number of ether oxygens (including phenoxy) is 1. The molecule has 0 aliphatic heterocycles. The zero-order chi connectivity index (χ0) is 25.1. The quantitative estimate of drug-likeness (QED) is 0.371. The van der Waals surface area contributed by atoms with Crippen LogP contribution in [0.2, 0.25) is 5.02 Å². The van der Waals surface area contributed by atoms with E-state index in [0.29, 0.717) is 23.7 Å². The van der Waals surface area contributed by atoms with Gasteiger partial charge in [-0.2, -0.15) is 4.98 Å². The van der Waals surface area contributed by atoms with E-state index in [1.165, 1.54) is 6.20 Å². The van der Waals surface area contributed by atoms with Crippen LogP contribution in [0, 0.1) is 0 Å². The molecule has 0 spiro atoms. The molecule has 3 rings (SSSR count). The molecule has 3 aromatic rings. The molecule has 1 aromatic heterocycles. The standard InChI is InChI=1S/C24H30ClN5O3S/c1-15(2)34(31,32)21-9-7-6-8-18(21)28-22-17(25)13-27-23(30-22)29-19-12-16(24(3,4)14-26)10-11-20(19)33-5/h6-13,15H,14,26H2,1-5H3,(H2,27,28,29,30). The third-order valence-electron chi connectivity index (χ3n) is 5.55. The van der Waals surface area contributed by atoms with Crippen LogP contribution < -0.4 is 21.1 Å². The fourth-order valence-corrected chi connectivity index (χ4v) is 4.52. The van der Waals surface area contributed by atoms with Gasteiger partial charge in [0.1, 0.15) is 10.8 Å². The number of hydrogen-bond donors (Lipinski definition) is 3. The lowest BCUT2D eigenvalue weighted by Gasteiger charge is -2.24. The van der Waals surface area contributed by atoms with Crippen molar-refractivity contribution >= 4 is 44.6 Å². The van der Waals surface area contributed by atoms with Gasteiger partial charge in [0.15, 0.2) is 15.7 Å². The highest BCUT2D eigenvalue weighted by molar-refractivity contribution is 7.92. The smallest absolute Gasteiger partial charge is 0.229 e. The first-order valence-electron chi connectivity index (χ1n) is 10.8. The Bertz CT molecular complexity index is 1280. The first-order valence-corrected chi connectivity index (χ1v) is 12.7. The topological polar surface area (TPSA) is 119 Å². The zero-order valence-electron chi connectivity index (χ0n) is 19.9. The van der Waals surface area contributed by atoms with Crippen molar-refractivity contribution in [2.24, 2.45) is 5.73 Å². The molecule has 182 valence electrons. The van der Waals surface area contributed by atoms with Crippen LogP contribution in [0.1, 0.15) is 33.3 Å². The summed E-state index contributed by atoms with van der Waals surface area (Å²) < 4.78 is 31.1. The minimum Gasteiger partial charge on any atom is -0.495 e. The lowest BCUT2D eigenvalue weighted by atomic mass is 9.84. The highest BCUT2D eigenvalue weighted by atomic mass is 35.5. The number of anilines is 4. The van der Waals surface area contributed by atoms with E-state index in [2.05, 4.69) is 34.4 Å². The lowest BCUT2D eigenvalue weighted by Crippen LogP contribution is -2.28. The predicted octanol–water partition coefficient (Wildman–Crippen LogP) is 5.04. The van der Waals surface area contributed by atoms with E-state index in [0.717, 1.165) is 5.56 Å². The number of sulfone groups is 1. The number of halogens is 1. The Balaban J connectivity index is 1.98. The van der Waals surface area contributed by atoms with Gasteiger partial charge in [-0.25, -0.2) is 13.4 Å². The Morgan fingerprint density at radius 3 is 2.47 bits per heavy atom. The highest BCUT2D eigenvalue weighted by Crippen LogP contribution is 2.34. The van der Waals surface area contributed by atoms with Gasteiger partial charge in [0.05, 0.1) is 34.8 Å². The summed E-state index contributed by atoms with van der Waals surface area (Å²) in [6, 6.07) is 12.4. The summed E-state index contributed by atoms with van der Waals surface area (Å²) in [5.74, 6) is 1.14. The van der Waals surface area contributed by atoms with Gasteiger partial charge in [-0.15, -0.1) is 0 Å². The van der Waals surface area contributed by atoms with Crippen LogP contribution in [-0.4, -0.2) is 37.3 Å². The van der Waals surface area contributed by atoms with Gasteiger partial charge in [0, 0.05) is 12.0 Å². The van der Waals surface area contributed by atoms with Gasteiger partial charge in [-0.05, 0) is 43.7 Å². The molecule has 1 heterocycles. The first-order chi connectivity index (χ1) is 16.0. The van der Waals surface area contributed by atoms with Gasteiger partial charge in [-0.3, -0.25) is 0 Å². The summed E-state index contributed by atoms with van der Waals surface area (Å²) >= 11 is 6.34. The first kappa shape index (κ1) is 25.7. The second-order valence-corrected chi connectivity index (χ2v) is 11.6. The van der Waals surface area contributed by atoms with E-state index in [1.807, 2.05) is 18.2 Å². The normalized spacial score (nSPS) is 12.0. The van der Waals surface area contributed by atoms with Crippen molar-refractivity contribution in [1.29, 1.82) is 0 Å². The van der Waals surface area contributed by atoms with Gasteiger partial charge in [0.2, 0.25) is 5.95 Å². The number of nitrogens with one attached hydrogen (secondary N) is 2. The lowest BCUT2D eigenvalue weighted by molar-refractivity contribution is 0.416. The van der Waals surface area contributed by atoms with Crippen molar-refractivity contribution < 1.29 is 13.2 Å². The van der Waals surface area contributed by atoms with Crippen molar-refractivity contribution in [1.82, 2.24) is 9.97 Å². The summed E-state index contributed by atoms with van der Waals surface area (Å²) in [6.07, 6.45) is 1.44. The van der Waals surface area contributed by atoms with E-state index in [-0.39, 0.29) is 27.1 Å². The van der Waals surface area contributed by atoms with Crippen LogP contribution in [0.4, 0.5) is 23.1 Å². The summed E-state index contributed by atoms with van der Waals surface area (Å²) in [5, 5.41) is 5.89. The molecule has 0 saturated heterocycles. The van der Waals surface area contributed by atoms with Crippen molar-refractivity contribution in [3.63, 3.8) is 0 Å². The molecule has 0 aliphatic rings. The van der Waals surface area contributed by atoms with E-state index in [9.17, 15) is 8.42 Å². The molecule has 0 bridgehead atoms. The van der Waals surface area contributed by atoms with E-state index in [4.69, 9.17) is 22.1 Å². The molecule has 0 amide bonds. The maximum Gasteiger partial charge on any atom is 0.229 e. The van der Waals surface area contributed by atoms with Gasteiger partial charge >= 0.3 is 0 Å². The van der Waals surface area contributed by atoms with E-state index in [1.54, 1.807) is 45.2 Å². The minimum absolute atomic E-state index is 0.174. The molecule has 0 aliphatic carbocycles. The average molecular weight is 504 g/mol. The SMILES string of the molecule is COc1ccc(C(C)(C)CN)cc1Nc1ncc(Cl)c(Nc2ccccc2S(=O)(=O)C(C)C)n1. The summed E-state index contributed by atoms with van der Waals surface area (Å²) in [5.41, 5.74) is 7.78. The third-order valence-corrected chi connectivity index (χ3v) is 8.04. The maximum atomic E-state index is 12.8. The number of nitrogens with two attached hydrogens (primary N) is 1. The Kier molecular flexibility index (Phi) is 7.70. The Morgan fingerprint density at radius 2 is 1.82 bits per heavy atom. The fraction of sp³-hybridized carbons (Fsp3) is 0.333. The number of hydrogen-bond acceptors (Lipinski definition) is 8. The van der Waals surface area contributed by atoms with Gasteiger partial charge in [-0.1, -0.05) is 43.6 Å². The molecule has 4 N–H and O–H groups in total. The fourth-order valence-electron chi connectivity index (χ4n) is 3.18. The number of nitrogens with zero attached hydrogens (tertiary/aromatic N) is 2. The third kappa shape index (κ3) is 5.43. The second kappa shape index (κ2) is 10.2. The zero-order valence-corrected chi connectivity index (χ0v) is 21.5. The van der Waals surface area contributed by atoms with Crippen LogP contribution in [0.3, 0.4) is 0 Å². The predicted molar refractivity (Wildman–Crippen MR) is 137 cm³/mol. The molecule has 0 radical (unpaired) electrons. The van der Waals surface area contributed by atoms with E-state index < -0.39 is 15.1 Å². The number of para-hydroxylation sites is 1. The van der Waals surface area contributed by atoms with Crippen LogP contribution in [0.5, 0.6) is 5.75 Å². The molecule has 0 fully saturated rings. The number of benzene rings is 2. The average Bonchev–Trinajstić information content (AvgIpc) is 2.81. The Hall–Kier alpha value is -2.88. The molecule has 34 heavy (non-hydrogen) atoms. The van der Waals surface area contributed by atoms with Gasteiger partial charge < -0.3 is 21.1 Å². The summed E-state index contributed by atoms with van der Waals surface area (Å²) in [7, 11) is -1.94. The van der Waals surface area contributed by atoms with Crippen LogP contribution in [0.25, 0.3) is 0 Å². The summed E-state index contributed by atoms with van der Waals surface area (Å²) in [4.78, 5) is 8.92. The van der Waals surface area contributed by atoms with E-state index >= 15 is 0 Å². The van der Waals surface area contributed by atoms with Crippen LogP contribution in [0.15, 0.2) is 53.6 Å². The number of aromatic nitrogens is 2. The molecule has 10 heteroatoms. The highest BCUT2D eigenvalue weighted by Gasteiger charge is 2.23. The van der Waals surface area contributed by atoms with Crippen molar-refractivity contribution in [2.45, 2.75) is 43.3 Å². The second-order valence-electron chi connectivity index (χ2n) is 8.73. The maximum absolute atomic E-state index is 12.8. The summed E-state index contributed by atoms with van der Waals surface area (Å²) in [6.45, 7) is 7.87. The Labute approximate surface area is 205 Å². The van der Waals surface area contributed by atoms with Crippen molar-refractivity contribution in [3.05, 3.63) is 59.2 Å². The minimum atomic E-state index is -3.52. The molecule has 8 nitrogen and oxygen atoms in total.